The van der Waals surface area contributed by atoms with E-state index in [1.807, 2.05) is 0 Å². The number of hydrogen-bond acceptors (Lipinski definition) is 4. The molecule has 1 aliphatic rings. The summed E-state index contributed by atoms with van der Waals surface area (Å²) in [5.74, 6) is -5.82. The molecular weight excluding hydrogens is 383 g/mol. The molecule has 0 saturated carbocycles. The number of anilines is 1. The van der Waals surface area contributed by atoms with Crippen molar-refractivity contribution in [1.29, 1.82) is 0 Å². The van der Waals surface area contributed by atoms with Crippen molar-refractivity contribution in [2.75, 3.05) is 11.9 Å². The van der Waals surface area contributed by atoms with Crippen molar-refractivity contribution in [3.05, 3.63) is 83.7 Å². The largest absolute Gasteiger partial charge is 0.493 e. The molecule has 1 aliphatic heterocycles. The third-order valence-electron chi connectivity index (χ3n) is 4.80. The zero-order valence-corrected chi connectivity index (χ0v) is 15.1. The third kappa shape index (κ3) is 3.65. The zero-order chi connectivity index (χ0) is 20.4. The molecule has 2 aromatic carbocycles. The summed E-state index contributed by atoms with van der Waals surface area (Å²) in [7, 11) is 0. The maximum absolute atomic E-state index is 15.1. The first kappa shape index (κ1) is 18.9. The van der Waals surface area contributed by atoms with Gasteiger partial charge >= 0.3 is 0 Å². The number of carbonyl (C=O) groups excluding carboxylic acids is 1. The highest BCUT2D eigenvalue weighted by Gasteiger charge is 2.46. The number of carbonyl (C=O) groups is 1. The van der Waals surface area contributed by atoms with E-state index in [-0.39, 0.29) is 30.0 Å². The molecule has 0 aliphatic carbocycles. The monoisotopic (exact) mass is 399 g/mol. The van der Waals surface area contributed by atoms with Crippen LogP contribution in [-0.4, -0.2) is 22.5 Å². The number of fused-ring (bicyclic) bond motifs is 1. The average molecular weight is 399 g/mol. The van der Waals surface area contributed by atoms with Gasteiger partial charge in [0.15, 0.2) is 0 Å². The topological polar surface area (TPSA) is 64.1 Å². The van der Waals surface area contributed by atoms with Gasteiger partial charge in [-0.1, -0.05) is 24.3 Å². The molecule has 5 nitrogen and oxygen atoms in total. The fourth-order valence-corrected chi connectivity index (χ4v) is 3.38. The summed E-state index contributed by atoms with van der Waals surface area (Å²) in [6.45, 7) is 0.0605. The van der Waals surface area contributed by atoms with Gasteiger partial charge in [-0.25, -0.2) is 23.1 Å². The maximum atomic E-state index is 15.1. The number of ether oxygens (including phenoxy) is 1. The molecule has 2 heterocycles. The second kappa shape index (κ2) is 7.54. The van der Waals surface area contributed by atoms with Crippen LogP contribution in [0.25, 0.3) is 0 Å². The van der Waals surface area contributed by atoms with Gasteiger partial charge in [0.1, 0.15) is 23.6 Å². The lowest BCUT2D eigenvalue weighted by molar-refractivity contribution is -0.0478. The van der Waals surface area contributed by atoms with Crippen LogP contribution in [0.2, 0.25) is 0 Å². The molecule has 0 bridgehead atoms. The van der Waals surface area contributed by atoms with E-state index in [9.17, 15) is 9.18 Å². The van der Waals surface area contributed by atoms with Crippen LogP contribution < -0.4 is 10.1 Å². The number of nitrogens with one attached hydrogen (secondary N) is 1. The third-order valence-corrected chi connectivity index (χ3v) is 4.80. The summed E-state index contributed by atoms with van der Waals surface area (Å²) < 4.78 is 49.8. The van der Waals surface area contributed by atoms with Gasteiger partial charge in [-0.05, 0) is 24.6 Å². The molecule has 1 N–H and O–H groups in total. The minimum Gasteiger partial charge on any atom is -0.493 e. The van der Waals surface area contributed by atoms with Gasteiger partial charge in [-0.15, -0.1) is 0 Å². The van der Waals surface area contributed by atoms with Gasteiger partial charge in [0.2, 0.25) is 0 Å². The van der Waals surface area contributed by atoms with Crippen molar-refractivity contribution in [2.45, 2.75) is 18.3 Å². The predicted octanol–water partition coefficient (Wildman–Crippen LogP) is 4.53. The number of rotatable bonds is 4. The Hall–Kier alpha value is -3.42. The number of benzene rings is 2. The molecule has 29 heavy (non-hydrogen) atoms. The highest BCUT2D eigenvalue weighted by atomic mass is 19.3. The van der Waals surface area contributed by atoms with E-state index in [1.165, 1.54) is 48.9 Å². The van der Waals surface area contributed by atoms with Crippen molar-refractivity contribution in [3.63, 3.8) is 0 Å². The first-order valence-corrected chi connectivity index (χ1v) is 8.94. The van der Waals surface area contributed by atoms with Crippen molar-refractivity contribution in [3.8, 4) is 5.75 Å². The lowest BCUT2D eigenvalue weighted by Crippen LogP contribution is -2.30. The smallest absolute Gasteiger partial charge is 0.283 e. The molecule has 3 aromatic rings. The van der Waals surface area contributed by atoms with Crippen molar-refractivity contribution in [1.82, 2.24) is 9.97 Å². The summed E-state index contributed by atoms with van der Waals surface area (Å²) in [5.41, 5.74) is 0.174. The van der Waals surface area contributed by atoms with Crippen LogP contribution in [0.5, 0.6) is 5.75 Å². The van der Waals surface area contributed by atoms with Gasteiger partial charge in [-0.2, -0.15) is 0 Å². The lowest BCUT2D eigenvalue weighted by Gasteiger charge is -2.32. The zero-order valence-electron chi connectivity index (χ0n) is 15.1. The minimum atomic E-state index is -3.41. The SMILES string of the molecule is O=C(Nc1ccc2c(c1)OCCC2C(F)(F)c1ccccc1F)c1ccncn1. The van der Waals surface area contributed by atoms with E-state index < -0.39 is 29.1 Å². The van der Waals surface area contributed by atoms with Gasteiger partial charge in [0.25, 0.3) is 11.8 Å². The van der Waals surface area contributed by atoms with Crippen LogP contribution in [-0.2, 0) is 5.92 Å². The number of halogens is 3. The van der Waals surface area contributed by atoms with Crippen LogP contribution in [0.15, 0.2) is 61.1 Å². The van der Waals surface area contributed by atoms with E-state index in [2.05, 4.69) is 15.3 Å². The Morgan fingerprint density at radius 1 is 1.17 bits per heavy atom. The number of hydrogen-bond donors (Lipinski definition) is 1. The fraction of sp³-hybridized carbons (Fsp3) is 0.190. The van der Waals surface area contributed by atoms with Crippen LogP contribution in [0.3, 0.4) is 0 Å². The Labute approximate surface area is 164 Å². The van der Waals surface area contributed by atoms with Crippen LogP contribution in [0, 0.1) is 5.82 Å². The Morgan fingerprint density at radius 3 is 2.76 bits per heavy atom. The van der Waals surface area contributed by atoms with Gasteiger partial charge < -0.3 is 10.1 Å². The molecule has 1 aromatic heterocycles. The summed E-state index contributed by atoms with van der Waals surface area (Å²) in [6, 6.07) is 10.8. The number of amides is 1. The molecule has 0 radical (unpaired) electrons. The minimum absolute atomic E-state index is 0.0426. The Balaban J connectivity index is 1.62. The van der Waals surface area contributed by atoms with Crippen molar-refractivity contribution >= 4 is 11.6 Å². The lowest BCUT2D eigenvalue weighted by atomic mass is 9.84. The second-order valence-corrected chi connectivity index (χ2v) is 6.59. The van der Waals surface area contributed by atoms with Gasteiger partial charge in [-0.3, -0.25) is 4.79 Å². The van der Waals surface area contributed by atoms with Crippen LogP contribution in [0.4, 0.5) is 18.9 Å². The highest BCUT2D eigenvalue weighted by Crippen LogP contribution is 2.49. The average Bonchev–Trinajstić information content (AvgIpc) is 2.74. The molecule has 0 saturated heterocycles. The molecule has 4 rings (SSSR count). The maximum Gasteiger partial charge on any atom is 0.283 e. The normalized spacial score (nSPS) is 15.9. The number of alkyl halides is 2. The van der Waals surface area contributed by atoms with E-state index in [0.717, 1.165) is 12.1 Å². The molecule has 1 atom stereocenters. The van der Waals surface area contributed by atoms with E-state index in [0.29, 0.717) is 5.69 Å². The molecule has 0 spiro atoms. The summed E-state index contributed by atoms with van der Waals surface area (Å²) in [5, 5.41) is 2.65. The first-order valence-electron chi connectivity index (χ1n) is 8.94. The van der Waals surface area contributed by atoms with Crippen LogP contribution in [0.1, 0.15) is 34.0 Å². The summed E-state index contributed by atoms with van der Waals surface area (Å²) in [6.07, 6.45) is 2.73. The highest BCUT2D eigenvalue weighted by molar-refractivity contribution is 6.02. The van der Waals surface area contributed by atoms with Crippen molar-refractivity contribution < 1.29 is 22.7 Å². The molecule has 148 valence electrons. The molecule has 1 amide bonds. The quantitative estimate of drug-likeness (QED) is 0.700. The molecule has 1 unspecified atom stereocenters. The second-order valence-electron chi connectivity index (χ2n) is 6.59. The number of aromatic nitrogens is 2. The first-order chi connectivity index (χ1) is 14.0. The number of nitrogens with zero attached hydrogens (tertiary/aromatic N) is 2. The van der Waals surface area contributed by atoms with Gasteiger partial charge in [0, 0.05) is 23.5 Å². The summed E-state index contributed by atoms with van der Waals surface area (Å²) in [4.78, 5) is 19.8. The fourth-order valence-electron chi connectivity index (χ4n) is 3.38. The van der Waals surface area contributed by atoms with Gasteiger partial charge in [0.05, 0.1) is 18.1 Å². The molecule has 0 fully saturated rings. The standard InChI is InChI=1S/C21H16F3N3O2/c22-17-4-2-1-3-16(17)21(23,24)15-8-10-29-19-11-13(5-6-14(15)19)27-20(28)18-7-9-25-12-26-18/h1-7,9,11-12,15H,8,10H2,(H,27,28). The summed E-state index contributed by atoms with van der Waals surface area (Å²) >= 11 is 0. The van der Waals surface area contributed by atoms with E-state index in [4.69, 9.17) is 4.74 Å². The Kier molecular flexibility index (Phi) is 4.92. The molecule has 8 heteroatoms. The van der Waals surface area contributed by atoms with E-state index >= 15 is 8.78 Å². The Bertz CT molecular complexity index is 1040. The Morgan fingerprint density at radius 2 is 2.00 bits per heavy atom. The van der Waals surface area contributed by atoms with E-state index in [1.54, 1.807) is 0 Å². The predicted molar refractivity (Wildman–Crippen MR) is 99.6 cm³/mol. The van der Waals surface area contributed by atoms with Crippen LogP contribution >= 0.6 is 0 Å². The molecular formula is C21H16F3N3O2. The van der Waals surface area contributed by atoms with Crippen molar-refractivity contribution in [2.24, 2.45) is 0 Å².